The summed E-state index contributed by atoms with van der Waals surface area (Å²) in [6.07, 6.45) is 3.69. The van der Waals surface area contributed by atoms with Crippen molar-refractivity contribution in [1.82, 2.24) is 4.90 Å². The number of carbonyl (C=O) groups excluding carboxylic acids is 1. The molecular formula is C20H27NO3. The van der Waals surface area contributed by atoms with Crippen molar-refractivity contribution < 1.29 is 14.6 Å². The average molecular weight is 329 g/mol. The number of fused-ring (bicyclic) bond motifs is 2. The summed E-state index contributed by atoms with van der Waals surface area (Å²) in [5.41, 5.74) is 2.86. The van der Waals surface area contributed by atoms with E-state index in [-0.39, 0.29) is 30.0 Å². The van der Waals surface area contributed by atoms with Gasteiger partial charge in [0.05, 0.1) is 12.5 Å². The molecule has 1 saturated carbocycles. The van der Waals surface area contributed by atoms with Crippen molar-refractivity contribution in [2.45, 2.75) is 50.1 Å². The highest BCUT2D eigenvalue weighted by Crippen LogP contribution is 2.59. The molecule has 1 N–H and O–H groups in total. The number of aliphatic hydroxyl groups excluding tert-OH is 1. The number of rotatable bonds is 4. The Morgan fingerprint density at radius 2 is 2.17 bits per heavy atom. The molecule has 2 heterocycles. The van der Waals surface area contributed by atoms with Gasteiger partial charge in [-0.3, -0.25) is 9.69 Å². The van der Waals surface area contributed by atoms with Crippen molar-refractivity contribution in [2.24, 2.45) is 11.8 Å². The molecule has 1 aromatic rings. The number of benzene rings is 1. The summed E-state index contributed by atoms with van der Waals surface area (Å²) >= 11 is 0. The first-order chi connectivity index (χ1) is 11.6. The molecule has 130 valence electrons. The highest BCUT2D eigenvalue weighted by atomic mass is 16.5. The van der Waals surface area contributed by atoms with Gasteiger partial charge in [0, 0.05) is 24.1 Å². The summed E-state index contributed by atoms with van der Waals surface area (Å²) in [7, 11) is 2.17. The van der Waals surface area contributed by atoms with Crippen LogP contribution in [0.5, 0.6) is 0 Å². The molecule has 4 heteroatoms. The summed E-state index contributed by atoms with van der Waals surface area (Å²) in [5, 5.41) is 9.80. The van der Waals surface area contributed by atoms with Crippen molar-refractivity contribution in [3.63, 3.8) is 0 Å². The first kappa shape index (κ1) is 16.1. The molecule has 1 aromatic carbocycles. The lowest BCUT2D eigenvalue weighted by atomic mass is 9.48. The molecular weight excluding hydrogens is 302 g/mol. The molecule has 5 rings (SSSR count). The van der Waals surface area contributed by atoms with Crippen LogP contribution in [0.4, 0.5) is 0 Å². The van der Waals surface area contributed by atoms with Gasteiger partial charge in [0.15, 0.2) is 0 Å². The minimum atomic E-state index is -0.0377. The fourth-order valence-corrected chi connectivity index (χ4v) is 5.94. The molecule has 5 atom stereocenters. The molecule has 3 fully saturated rings. The highest BCUT2D eigenvalue weighted by molar-refractivity contribution is 5.74. The normalized spacial score (nSPS) is 37.1. The minimum absolute atomic E-state index is 0.0201. The SMILES string of the molecule is CCOC(=O)C1CC2C3Cc4ccccc4[C@]2(CCO)CC1N3C. The van der Waals surface area contributed by atoms with Gasteiger partial charge >= 0.3 is 5.97 Å². The maximum Gasteiger partial charge on any atom is 0.310 e. The van der Waals surface area contributed by atoms with Crippen LogP contribution in [-0.4, -0.2) is 48.3 Å². The van der Waals surface area contributed by atoms with Gasteiger partial charge in [-0.2, -0.15) is 0 Å². The largest absolute Gasteiger partial charge is 0.466 e. The maximum atomic E-state index is 12.5. The molecule has 0 radical (unpaired) electrons. The predicted molar refractivity (Wildman–Crippen MR) is 91.7 cm³/mol. The number of hydrogen-bond acceptors (Lipinski definition) is 4. The zero-order valence-corrected chi connectivity index (χ0v) is 14.6. The summed E-state index contributed by atoms with van der Waals surface area (Å²) < 4.78 is 5.35. The number of piperidine rings is 2. The van der Waals surface area contributed by atoms with Crippen molar-refractivity contribution >= 4 is 5.97 Å². The Morgan fingerprint density at radius 3 is 2.92 bits per heavy atom. The molecule has 2 aliphatic heterocycles. The Balaban J connectivity index is 1.77. The van der Waals surface area contributed by atoms with Crippen molar-refractivity contribution in [3.05, 3.63) is 35.4 Å². The van der Waals surface area contributed by atoms with Crippen LogP contribution < -0.4 is 0 Å². The topological polar surface area (TPSA) is 49.8 Å². The molecule has 2 saturated heterocycles. The zero-order chi connectivity index (χ0) is 16.9. The fraction of sp³-hybridized carbons (Fsp3) is 0.650. The molecule has 24 heavy (non-hydrogen) atoms. The monoisotopic (exact) mass is 329 g/mol. The van der Waals surface area contributed by atoms with Gasteiger partial charge in [-0.1, -0.05) is 24.3 Å². The molecule has 4 unspecified atom stereocenters. The van der Waals surface area contributed by atoms with Gasteiger partial charge in [0.2, 0.25) is 0 Å². The number of esters is 1. The summed E-state index contributed by atoms with van der Waals surface area (Å²) in [4.78, 5) is 14.9. The van der Waals surface area contributed by atoms with E-state index in [0.717, 1.165) is 25.7 Å². The molecule has 0 amide bonds. The van der Waals surface area contributed by atoms with Crippen LogP contribution in [0.1, 0.15) is 37.3 Å². The second kappa shape index (κ2) is 5.85. The quantitative estimate of drug-likeness (QED) is 0.860. The predicted octanol–water partition coefficient (Wildman–Crippen LogP) is 2.13. The van der Waals surface area contributed by atoms with E-state index < -0.39 is 0 Å². The van der Waals surface area contributed by atoms with Crippen LogP contribution in [0.3, 0.4) is 0 Å². The van der Waals surface area contributed by atoms with E-state index in [1.165, 1.54) is 11.1 Å². The van der Waals surface area contributed by atoms with Crippen molar-refractivity contribution in [3.8, 4) is 0 Å². The second-order valence-electron chi connectivity index (χ2n) is 7.70. The van der Waals surface area contributed by atoms with Gasteiger partial charge in [-0.05, 0) is 56.7 Å². The van der Waals surface area contributed by atoms with E-state index in [1.54, 1.807) is 0 Å². The lowest BCUT2D eigenvalue weighted by Crippen LogP contribution is -2.69. The van der Waals surface area contributed by atoms with Crippen LogP contribution in [0.15, 0.2) is 24.3 Å². The van der Waals surface area contributed by atoms with Gasteiger partial charge in [0.25, 0.3) is 0 Å². The van der Waals surface area contributed by atoms with Crippen LogP contribution >= 0.6 is 0 Å². The van der Waals surface area contributed by atoms with E-state index in [1.807, 2.05) is 6.92 Å². The van der Waals surface area contributed by atoms with Gasteiger partial charge in [-0.25, -0.2) is 0 Å². The lowest BCUT2D eigenvalue weighted by Gasteiger charge is -2.64. The minimum Gasteiger partial charge on any atom is -0.466 e. The van der Waals surface area contributed by atoms with E-state index in [9.17, 15) is 9.90 Å². The summed E-state index contributed by atoms with van der Waals surface area (Å²) in [6.45, 7) is 2.53. The molecule has 2 aliphatic carbocycles. The Hall–Kier alpha value is -1.39. The van der Waals surface area contributed by atoms with E-state index in [4.69, 9.17) is 4.74 Å². The van der Waals surface area contributed by atoms with Crippen LogP contribution in [0.25, 0.3) is 0 Å². The van der Waals surface area contributed by atoms with Crippen molar-refractivity contribution in [2.75, 3.05) is 20.3 Å². The molecule has 4 bridgehead atoms. The number of hydrogen-bond donors (Lipinski definition) is 1. The van der Waals surface area contributed by atoms with Gasteiger partial charge < -0.3 is 9.84 Å². The Kier molecular flexibility index (Phi) is 3.92. The Bertz CT molecular complexity index is 646. The number of carbonyl (C=O) groups is 1. The average Bonchev–Trinajstić information content (AvgIpc) is 2.59. The van der Waals surface area contributed by atoms with E-state index in [0.29, 0.717) is 18.6 Å². The summed E-state index contributed by atoms with van der Waals surface area (Å²) in [6, 6.07) is 9.42. The number of likely N-dealkylation sites (N-methyl/N-ethyl adjacent to an activating group) is 1. The van der Waals surface area contributed by atoms with Crippen molar-refractivity contribution in [1.29, 1.82) is 0 Å². The molecule has 0 aromatic heterocycles. The molecule has 0 spiro atoms. The molecule has 4 aliphatic rings. The second-order valence-corrected chi connectivity index (χ2v) is 7.70. The Morgan fingerprint density at radius 1 is 1.38 bits per heavy atom. The van der Waals surface area contributed by atoms with Gasteiger partial charge in [0.1, 0.15) is 0 Å². The fourth-order valence-electron chi connectivity index (χ4n) is 5.94. The van der Waals surface area contributed by atoms with E-state index in [2.05, 4.69) is 36.2 Å². The number of ether oxygens (including phenoxy) is 1. The van der Waals surface area contributed by atoms with Crippen LogP contribution in [-0.2, 0) is 21.4 Å². The first-order valence-electron chi connectivity index (χ1n) is 9.20. The third-order valence-electron chi connectivity index (χ3n) is 6.90. The third-order valence-corrected chi connectivity index (χ3v) is 6.90. The lowest BCUT2D eigenvalue weighted by molar-refractivity contribution is -0.165. The zero-order valence-electron chi connectivity index (χ0n) is 14.6. The first-order valence-corrected chi connectivity index (χ1v) is 9.20. The van der Waals surface area contributed by atoms with E-state index >= 15 is 0 Å². The standard InChI is InChI=1S/C20H27NO3/c1-3-24-19(23)14-11-16-17-10-13-6-4-5-7-15(13)20(16,8-9-22)12-18(14)21(17)2/h4-7,14,16-18,22H,3,8-12H2,1-2H3/t14?,16?,17?,18?,20-/m0/s1. The maximum absolute atomic E-state index is 12.5. The van der Waals surface area contributed by atoms with Crippen LogP contribution in [0, 0.1) is 11.8 Å². The smallest absolute Gasteiger partial charge is 0.310 e. The molecule has 4 nitrogen and oxygen atoms in total. The number of aliphatic hydroxyl groups is 1. The summed E-state index contributed by atoms with van der Waals surface area (Å²) in [5.74, 6) is 0.362. The number of nitrogens with zero attached hydrogens (tertiary/aromatic N) is 1. The highest BCUT2D eigenvalue weighted by Gasteiger charge is 2.61. The Labute approximate surface area is 143 Å². The third kappa shape index (κ3) is 2.09. The van der Waals surface area contributed by atoms with Crippen LogP contribution in [0.2, 0.25) is 0 Å². The van der Waals surface area contributed by atoms with Gasteiger partial charge in [-0.15, -0.1) is 0 Å².